The molecule has 7 nitrogen and oxygen atoms in total. The van der Waals surface area contributed by atoms with Crippen molar-refractivity contribution in [2.24, 2.45) is 7.05 Å². The van der Waals surface area contributed by atoms with Crippen LogP contribution < -0.4 is 4.90 Å². The molecule has 0 spiro atoms. The normalized spacial score (nSPS) is 16.6. The first-order valence-electron chi connectivity index (χ1n) is 7.02. The van der Waals surface area contributed by atoms with Gasteiger partial charge in [-0.25, -0.2) is 0 Å². The first-order valence-corrected chi connectivity index (χ1v) is 7.02. The quantitative estimate of drug-likeness (QED) is 0.673. The van der Waals surface area contributed by atoms with Gasteiger partial charge in [0, 0.05) is 37.3 Å². The predicted molar refractivity (Wildman–Crippen MR) is 79.6 cm³/mol. The van der Waals surface area contributed by atoms with E-state index >= 15 is 0 Å². The number of aliphatic hydroxyl groups excluding tert-OH is 1. The number of nitro groups is 1. The van der Waals surface area contributed by atoms with E-state index in [1.165, 1.54) is 0 Å². The minimum absolute atomic E-state index is 0.106. The highest BCUT2D eigenvalue weighted by molar-refractivity contribution is 5.89. The predicted octanol–water partition coefficient (Wildman–Crippen LogP) is 1.75. The summed E-state index contributed by atoms with van der Waals surface area (Å²) < 4.78 is 1.73. The molecule has 1 N–H and O–H groups in total. The van der Waals surface area contributed by atoms with Crippen molar-refractivity contribution in [2.75, 3.05) is 18.0 Å². The van der Waals surface area contributed by atoms with Gasteiger partial charge in [0.25, 0.3) is 5.69 Å². The lowest BCUT2D eigenvalue weighted by molar-refractivity contribution is -0.384. The number of fused-ring (bicyclic) bond motifs is 1. The zero-order chi connectivity index (χ0) is 15.1. The fourth-order valence-electron chi connectivity index (χ4n) is 2.86. The fraction of sp³-hybridized carbons (Fsp3) is 0.500. The third-order valence-electron chi connectivity index (χ3n) is 4.23. The summed E-state index contributed by atoms with van der Waals surface area (Å²) in [6.45, 7) is 3.15. The number of hydrogen-bond donors (Lipinski definition) is 1. The molecule has 0 aliphatic carbocycles. The standard InChI is InChI=1S/C14H18N4O3/c1-9-11-7-14(18(20)21)13(8-12(11)15-16(9)2)17-5-3-10(19)4-6-17/h7-8,10,19H,3-6H2,1-2H3. The summed E-state index contributed by atoms with van der Waals surface area (Å²) in [5.41, 5.74) is 2.38. The molecule has 1 fully saturated rings. The molecule has 1 aromatic heterocycles. The molecule has 7 heteroatoms. The topological polar surface area (TPSA) is 84.4 Å². The highest BCUT2D eigenvalue weighted by atomic mass is 16.6. The average molecular weight is 290 g/mol. The number of nitrogens with zero attached hydrogens (tertiary/aromatic N) is 4. The Balaban J connectivity index is 2.11. The maximum absolute atomic E-state index is 11.4. The Morgan fingerprint density at radius 2 is 2.05 bits per heavy atom. The molecule has 0 unspecified atom stereocenters. The van der Waals surface area contributed by atoms with Crippen molar-refractivity contribution in [3.63, 3.8) is 0 Å². The van der Waals surface area contributed by atoms with Gasteiger partial charge < -0.3 is 10.0 Å². The molecule has 0 radical (unpaired) electrons. The summed E-state index contributed by atoms with van der Waals surface area (Å²) in [6.07, 6.45) is 0.966. The maximum Gasteiger partial charge on any atom is 0.293 e. The van der Waals surface area contributed by atoms with Gasteiger partial charge >= 0.3 is 0 Å². The van der Waals surface area contributed by atoms with Crippen LogP contribution in [0.1, 0.15) is 18.5 Å². The Morgan fingerprint density at radius 1 is 1.38 bits per heavy atom. The van der Waals surface area contributed by atoms with Crippen molar-refractivity contribution in [2.45, 2.75) is 25.9 Å². The van der Waals surface area contributed by atoms with E-state index in [1.807, 2.05) is 18.9 Å². The highest BCUT2D eigenvalue weighted by Gasteiger charge is 2.25. The Hall–Kier alpha value is -2.15. The molecule has 1 saturated heterocycles. The monoisotopic (exact) mass is 290 g/mol. The van der Waals surface area contributed by atoms with Gasteiger partial charge in [0.05, 0.1) is 16.5 Å². The Labute approximate surface area is 121 Å². The number of hydrogen-bond acceptors (Lipinski definition) is 5. The molecule has 1 aliphatic heterocycles. The number of benzene rings is 1. The summed E-state index contributed by atoms with van der Waals surface area (Å²) in [5.74, 6) is 0. The van der Waals surface area contributed by atoms with Crippen LogP contribution in [0.4, 0.5) is 11.4 Å². The minimum Gasteiger partial charge on any atom is -0.393 e. The van der Waals surface area contributed by atoms with E-state index in [2.05, 4.69) is 5.10 Å². The van der Waals surface area contributed by atoms with E-state index < -0.39 is 0 Å². The molecule has 0 saturated carbocycles. The van der Waals surface area contributed by atoms with Crippen molar-refractivity contribution in [3.05, 3.63) is 27.9 Å². The second-order valence-electron chi connectivity index (χ2n) is 5.54. The van der Waals surface area contributed by atoms with Crippen LogP contribution in [0.15, 0.2) is 12.1 Å². The molecule has 3 rings (SSSR count). The first kappa shape index (κ1) is 13.8. The number of aryl methyl sites for hydroxylation is 2. The Kier molecular flexibility index (Phi) is 3.29. The minimum atomic E-state index is -0.341. The Bertz CT molecular complexity index is 702. The Morgan fingerprint density at radius 3 is 2.67 bits per heavy atom. The summed E-state index contributed by atoms with van der Waals surface area (Å²) in [5, 5.41) is 26.2. The first-order chi connectivity index (χ1) is 9.97. The van der Waals surface area contributed by atoms with Gasteiger partial charge in [-0.15, -0.1) is 0 Å². The second-order valence-corrected chi connectivity index (χ2v) is 5.54. The van der Waals surface area contributed by atoms with E-state index in [0.29, 0.717) is 31.6 Å². The lowest BCUT2D eigenvalue weighted by Gasteiger charge is -2.31. The molecule has 112 valence electrons. The van der Waals surface area contributed by atoms with Crippen LogP contribution in [-0.4, -0.2) is 39.0 Å². The second kappa shape index (κ2) is 5.00. The van der Waals surface area contributed by atoms with Crippen molar-refractivity contribution < 1.29 is 10.0 Å². The SMILES string of the molecule is Cc1c2cc([N+](=O)[O-])c(N3CCC(O)CC3)cc2nn1C. The van der Waals surface area contributed by atoms with Gasteiger partial charge in [-0.2, -0.15) is 5.10 Å². The van der Waals surface area contributed by atoms with Crippen molar-refractivity contribution in [1.82, 2.24) is 9.78 Å². The number of aliphatic hydroxyl groups is 1. The van der Waals surface area contributed by atoms with Crippen LogP contribution in [0.5, 0.6) is 0 Å². The van der Waals surface area contributed by atoms with Gasteiger partial charge in [0.2, 0.25) is 0 Å². The van der Waals surface area contributed by atoms with Crippen LogP contribution in [0.3, 0.4) is 0 Å². The molecule has 21 heavy (non-hydrogen) atoms. The van der Waals surface area contributed by atoms with Gasteiger partial charge in [-0.1, -0.05) is 0 Å². The number of nitro benzene ring substituents is 1. The molecule has 2 aromatic rings. The molecule has 0 amide bonds. The molecule has 1 aliphatic rings. The third kappa shape index (κ3) is 2.33. The number of aromatic nitrogens is 2. The largest absolute Gasteiger partial charge is 0.393 e. The summed E-state index contributed by atoms with van der Waals surface area (Å²) in [7, 11) is 1.83. The molecule has 2 heterocycles. The van der Waals surface area contributed by atoms with E-state index in [-0.39, 0.29) is 16.7 Å². The fourth-order valence-corrected chi connectivity index (χ4v) is 2.86. The zero-order valence-corrected chi connectivity index (χ0v) is 12.1. The highest BCUT2D eigenvalue weighted by Crippen LogP contribution is 2.35. The van der Waals surface area contributed by atoms with Crippen LogP contribution >= 0.6 is 0 Å². The van der Waals surface area contributed by atoms with Crippen LogP contribution in [-0.2, 0) is 7.05 Å². The lowest BCUT2D eigenvalue weighted by atomic mass is 10.1. The average Bonchev–Trinajstić information content (AvgIpc) is 2.73. The van der Waals surface area contributed by atoms with E-state index in [0.717, 1.165) is 16.6 Å². The van der Waals surface area contributed by atoms with Crippen LogP contribution in [0.2, 0.25) is 0 Å². The number of piperidine rings is 1. The molecular weight excluding hydrogens is 272 g/mol. The van der Waals surface area contributed by atoms with E-state index in [9.17, 15) is 15.2 Å². The van der Waals surface area contributed by atoms with Crippen molar-refractivity contribution in [1.29, 1.82) is 0 Å². The molecule has 0 atom stereocenters. The van der Waals surface area contributed by atoms with Crippen LogP contribution in [0.25, 0.3) is 10.9 Å². The van der Waals surface area contributed by atoms with Crippen LogP contribution in [0, 0.1) is 17.0 Å². The molecular formula is C14H18N4O3. The number of anilines is 1. The molecule has 0 bridgehead atoms. The van der Waals surface area contributed by atoms with Gasteiger partial charge in [-0.05, 0) is 25.8 Å². The van der Waals surface area contributed by atoms with Crippen molar-refractivity contribution in [3.8, 4) is 0 Å². The lowest BCUT2D eigenvalue weighted by Crippen LogP contribution is -2.36. The summed E-state index contributed by atoms with van der Waals surface area (Å²) in [4.78, 5) is 13.0. The third-order valence-corrected chi connectivity index (χ3v) is 4.23. The van der Waals surface area contributed by atoms with Crippen molar-refractivity contribution >= 4 is 22.3 Å². The maximum atomic E-state index is 11.4. The van der Waals surface area contributed by atoms with E-state index in [1.54, 1.807) is 16.8 Å². The number of rotatable bonds is 2. The summed E-state index contributed by atoms with van der Waals surface area (Å²) in [6, 6.07) is 3.40. The summed E-state index contributed by atoms with van der Waals surface area (Å²) >= 11 is 0. The van der Waals surface area contributed by atoms with E-state index in [4.69, 9.17) is 0 Å². The van der Waals surface area contributed by atoms with Gasteiger partial charge in [0.15, 0.2) is 0 Å². The van der Waals surface area contributed by atoms with Gasteiger partial charge in [-0.3, -0.25) is 14.8 Å². The molecule has 1 aromatic carbocycles. The zero-order valence-electron chi connectivity index (χ0n) is 12.1. The van der Waals surface area contributed by atoms with Gasteiger partial charge in [0.1, 0.15) is 5.69 Å². The smallest absolute Gasteiger partial charge is 0.293 e.